The van der Waals surface area contributed by atoms with E-state index in [0.717, 1.165) is 5.69 Å². The maximum absolute atomic E-state index is 13.4. The van der Waals surface area contributed by atoms with E-state index in [0.29, 0.717) is 22.4 Å². The summed E-state index contributed by atoms with van der Waals surface area (Å²) in [5.41, 5.74) is 1.90. The van der Waals surface area contributed by atoms with Crippen molar-refractivity contribution in [2.45, 2.75) is 6.92 Å². The summed E-state index contributed by atoms with van der Waals surface area (Å²) >= 11 is 0. The Hall–Kier alpha value is -2.95. The lowest BCUT2D eigenvalue weighted by molar-refractivity contribution is -0.111. The molecule has 0 unspecified atom stereocenters. The summed E-state index contributed by atoms with van der Waals surface area (Å²) in [6.45, 7) is 1.82. The van der Waals surface area contributed by atoms with Crippen LogP contribution < -0.4 is 5.32 Å². The number of anilines is 1. The summed E-state index contributed by atoms with van der Waals surface area (Å²) in [5, 5.41) is 3.30. The highest BCUT2D eigenvalue weighted by molar-refractivity contribution is 6.06. The highest BCUT2D eigenvalue weighted by Crippen LogP contribution is 2.24. The molecule has 0 bridgehead atoms. The molecule has 0 fully saturated rings. The molecule has 3 aromatic rings. The lowest BCUT2D eigenvalue weighted by atomic mass is 10.1. The number of benzene rings is 1. The van der Waals surface area contributed by atoms with Crippen LogP contribution in [0.4, 0.5) is 10.1 Å². The van der Waals surface area contributed by atoms with Crippen LogP contribution in [-0.4, -0.2) is 10.9 Å². The van der Waals surface area contributed by atoms with Crippen molar-refractivity contribution in [2.75, 3.05) is 5.32 Å². The van der Waals surface area contributed by atoms with Crippen LogP contribution in [0.15, 0.2) is 53.2 Å². The second-order valence-electron chi connectivity index (χ2n) is 4.81. The van der Waals surface area contributed by atoms with Gasteiger partial charge in [0, 0.05) is 17.2 Å². The van der Waals surface area contributed by atoms with Crippen molar-refractivity contribution in [2.24, 2.45) is 0 Å². The minimum Gasteiger partial charge on any atom is -0.465 e. The predicted octanol–water partition coefficient (Wildman–Crippen LogP) is 3.93. The first-order chi connectivity index (χ1) is 10.6. The van der Waals surface area contributed by atoms with Crippen molar-refractivity contribution >= 4 is 28.6 Å². The summed E-state index contributed by atoms with van der Waals surface area (Å²) in [6, 6.07) is 9.47. The van der Waals surface area contributed by atoms with Crippen LogP contribution >= 0.6 is 0 Å². The fourth-order valence-electron chi connectivity index (χ4n) is 2.15. The van der Waals surface area contributed by atoms with Crippen LogP contribution in [0.2, 0.25) is 0 Å². The molecule has 0 aliphatic rings. The second-order valence-corrected chi connectivity index (χ2v) is 4.81. The molecule has 1 aromatic carbocycles. The Morgan fingerprint density at radius 3 is 2.95 bits per heavy atom. The molecule has 1 amide bonds. The van der Waals surface area contributed by atoms with Crippen molar-refractivity contribution < 1.29 is 13.6 Å². The number of nitrogens with one attached hydrogen (secondary N) is 1. The van der Waals surface area contributed by atoms with Gasteiger partial charge in [0.1, 0.15) is 11.6 Å². The number of furan rings is 1. The summed E-state index contributed by atoms with van der Waals surface area (Å²) in [6.07, 6.45) is 4.45. The van der Waals surface area contributed by atoms with Gasteiger partial charge in [-0.05, 0) is 49.4 Å². The molecule has 3 rings (SSSR count). The van der Waals surface area contributed by atoms with Gasteiger partial charge in [-0.3, -0.25) is 9.78 Å². The van der Waals surface area contributed by atoms with Crippen LogP contribution in [0, 0.1) is 12.7 Å². The number of aryl methyl sites for hydroxylation is 1. The van der Waals surface area contributed by atoms with Gasteiger partial charge < -0.3 is 9.73 Å². The number of rotatable bonds is 3. The Morgan fingerprint density at radius 1 is 1.32 bits per heavy atom. The first kappa shape index (κ1) is 14.0. The summed E-state index contributed by atoms with van der Waals surface area (Å²) < 4.78 is 18.5. The Morgan fingerprint density at radius 2 is 2.18 bits per heavy atom. The molecule has 22 heavy (non-hydrogen) atoms. The highest BCUT2D eigenvalue weighted by atomic mass is 19.1. The SMILES string of the molecule is Cc1cc(NC(=O)/C=C/c2ccco2)c2cc(F)ccc2n1. The van der Waals surface area contributed by atoms with E-state index in [-0.39, 0.29) is 11.7 Å². The summed E-state index contributed by atoms with van der Waals surface area (Å²) in [5.74, 6) is -0.121. The molecule has 0 aliphatic heterocycles. The standard InChI is InChI=1S/C17H13FN2O2/c1-11-9-16(14-10-12(18)4-6-15(14)19-11)20-17(21)7-5-13-3-2-8-22-13/h2-10H,1H3,(H,19,20,21)/b7-5+. The molecular formula is C17H13FN2O2. The Kier molecular flexibility index (Phi) is 3.70. The fourth-order valence-corrected chi connectivity index (χ4v) is 2.15. The lowest BCUT2D eigenvalue weighted by Gasteiger charge is -2.08. The molecule has 0 aliphatic carbocycles. The monoisotopic (exact) mass is 296 g/mol. The van der Waals surface area contributed by atoms with Gasteiger partial charge in [0.15, 0.2) is 0 Å². The van der Waals surface area contributed by atoms with E-state index < -0.39 is 0 Å². The largest absolute Gasteiger partial charge is 0.465 e. The van der Waals surface area contributed by atoms with E-state index in [1.54, 1.807) is 30.3 Å². The zero-order valence-electron chi connectivity index (χ0n) is 11.8. The third-order valence-corrected chi connectivity index (χ3v) is 3.10. The van der Waals surface area contributed by atoms with E-state index in [1.807, 2.05) is 6.92 Å². The molecule has 5 heteroatoms. The Labute approximate surface area is 126 Å². The van der Waals surface area contributed by atoms with Gasteiger partial charge in [0.05, 0.1) is 17.5 Å². The van der Waals surface area contributed by atoms with Crippen LogP contribution in [0.5, 0.6) is 0 Å². The zero-order valence-corrected chi connectivity index (χ0v) is 11.8. The van der Waals surface area contributed by atoms with E-state index in [2.05, 4.69) is 10.3 Å². The van der Waals surface area contributed by atoms with Crippen LogP contribution in [0.1, 0.15) is 11.5 Å². The van der Waals surface area contributed by atoms with Crippen LogP contribution in [0.25, 0.3) is 17.0 Å². The van der Waals surface area contributed by atoms with Gasteiger partial charge in [-0.1, -0.05) is 0 Å². The maximum Gasteiger partial charge on any atom is 0.248 e. The van der Waals surface area contributed by atoms with E-state index in [9.17, 15) is 9.18 Å². The second kappa shape index (κ2) is 5.81. The van der Waals surface area contributed by atoms with E-state index >= 15 is 0 Å². The molecule has 110 valence electrons. The van der Waals surface area contributed by atoms with Gasteiger partial charge >= 0.3 is 0 Å². The van der Waals surface area contributed by atoms with Crippen LogP contribution in [0.3, 0.4) is 0 Å². The smallest absolute Gasteiger partial charge is 0.248 e. The molecular weight excluding hydrogens is 283 g/mol. The average molecular weight is 296 g/mol. The van der Waals surface area contributed by atoms with Crippen LogP contribution in [-0.2, 0) is 4.79 Å². The third kappa shape index (κ3) is 3.03. The van der Waals surface area contributed by atoms with E-state index in [4.69, 9.17) is 4.42 Å². The number of hydrogen-bond donors (Lipinski definition) is 1. The quantitative estimate of drug-likeness (QED) is 0.745. The molecule has 0 radical (unpaired) electrons. The maximum atomic E-state index is 13.4. The van der Waals surface area contributed by atoms with Crippen molar-refractivity contribution in [3.63, 3.8) is 0 Å². The number of halogens is 1. The Bertz CT molecular complexity index is 854. The fraction of sp³-hybridized carbons (Fsp3) is 0.0588. The van der Waals surface area contributed by atoms with Crippen molar-refractivity contribution in [3.8, 4) is 0 Å². The first-order valence-electron chi connectivity index (χ1n) is 6.71. The predicted molar refractivity (Wildman–Crippen MR) is 82.8 cm³/mol. The normalized spacial score (nSPS) is 11.2. The minimum atomic E-state index is -0.375. The van der Waals surface area contributed by atoms with Crippen molar-refractivity contribution in [1.82, 2.24) is 4.98 Å². The number of hydrogen-bond acceptors (Lipinski definition) is 3. The average Bonchev–Trinajstić information content (AvgIpc) is 2.99. The molecule has 2 heterocycles. The molecule has 4 nitrogen and oxygen atoms in total. The first-order valence-corrected chi connectivity index (χ1v) is 6.71. The highest BCUT2D eigenvalue weighted by Gasteiger charge is 2.07. The van der Waals surface area contributed by atoms with Gasteiger partial charge in [-0.25, -0.2) is 4.39 Å². The third-order valence-electron chi connectivity index (χ3n) is 3.10. The number of aromatic nitrogens is 1. The molecule has 2 aromatic heterocycles. The van der Waals surface area contributed by atoms with Crippen molar-refractivity contribution in [1.29, 1.82) is 0 Å². The summed E-state index contributed by atoms with van der Waals surface area (Å²) in [4.78, 5) is 16.3. The van der Waals surface area contributed by atoms with Crippen molar-refractivity contribution in [3.05, 3.63) is 66.0 Å². The number of fused-ring (bicyclic) bond motifs is 1. The molecule has 1 N–H and O–H groups in total. The van der Waals surface area contributed by atoms with E-state index in [1.165, 1.54) is 24.5 Å². The molecule has 0 saturated carbocycles. The summed E-state index contributed by atoms with van der Waals surface area (Å²) in [7, 11) is 0. The topological polar surface area (TPSA) is 55.1 Å². The Balaban J connectivity index is 1.89. The van der Waals surface area contributed by atoms with Gasteiger partial charge in [0.25, 0.3) is 0 Å². The number of amides is 1. The van der Waals surface area contributed by atoms with Gasteiger partial charge in [0.2, 0.25) is 5.91 Å². The molecule has 0 atom stereocenters. The zero-order chi connectivity index (χ0) is 15.5. The van der Waals surface area contributed by atoms with Gasteiger partial charge in [-0.2, -0.15) is 0 Å². The van der Waals surface area contributed by atoms with Gasteiger partial charge in [-0.15, -0.1) is 0 Å². The number of carbonyl (C=O) groups excluding carboxylic acids is 1. The number of nitrogens with zero attached hydrogens (tertiary/aromatic N) is 1. The number of carbonyl (C=O) groups is 1. The number of pyridine rings is 1. The lowest BCUT2D eigenvalue weighted by Crippen LogP contribution is -2.09. The minimum absolute atomic E-state index is 0.326. The molecule has 0 saturated heterocycles. The molecule has 0 spiro atoms.